The zero-order valence-corrected chi connectivity index (χ0v) is 14.0. The molecule has 0 aromatic rings. The van der Waals surface area contributed by atoms with E-state index in [1.165, 1.54) is 6.42 Å². The molecular weight excluding hydrogens is 310 g/mol. The number of aliphatic carboxylic acids is 1. The van der Waals surface area contributed by atoms with Crippen LogP contribution >= 0.6 is 0 Å². The molecule has 2 heterocycles. The number of amides is 2. The van der Waals surface area contributed by atoms with Crippen molar-refractivity contribution in [2.75, 3.05) is 13.1 Å². The van der Waals surface area contributed by atoms with Crippen LogP contribution in [-0.4, -0.2) is 48.1 Å². The van der Waals surface area contributed by atoms with Gasteiger partial charge in [0.25, 0.3) is 0 Å². The summed E-state index contributed by atoms with van der Waals surface area (Å²) in [5, 5.41) is 18.1. The summed E-state index contributed by atoms with van der Waals surface area (Å²) in [5.74, 6) is -1.39. The van der Waals surface area contributed by atoms with Gasteiger partial charge in [0.2, 0.25) is 11.8 Å². The first kappa shape index (κ1) is 17.2. The first-order valence-electron chi connectivity index (χ1n) is 9.03. The summed E-state index contributed by atoms with van der Waals surface area (Å²) in [6, 6.07) is -1.21. The Hall–Kier alpha value is -1.63. The molecule has 1 saturated carbocycles. The van der Waals surface area contributed by atoms with E-state index < -0.39 is 12.0 Å². The van der Waals surface area contributed by atoms with Crippen molar-refractivity contribution in [2.45, 2.75) is 63.5 Å². The molecule has 3 aliphatic rings. The lowest BCUT2D eigenvalue weighted by Crippen LogP contribution is -2.48. The van der Waals surface area contributed by atoms with E-state index in [1.807, 2.05) is 0 Å². The summed E-state index contributed by atoms with van der Waals surface area (Å²) < 4.78 is 0. The standard InChI is InChI=1S/C17H27N3O4/c21-14-11(3-1-8-18-14)4-5-12(16(23)24)20-15(22)13-9-17(10-19-13)6-2-7-17/h11-13,19H,1-10H2,(H,18,21)(H,20,22)(H,23,24)/t11-,12-,13?/m0/s1. The van der Waals surface area contributed by atoms with E-state index in [9.17, 15) is 19.5 Å². The maximum absolute atomic E-state index is 12.4. The molecule has 4 N–H and O–H groups in total. The van der Waals surface area contributed by atoms with Crippen molar-refractivity contribution in [3.8, 4) is 0 Å². The highest BCUT2D eigenvalue weighted by Gasteiger charge is 2.45. The topological polar surface area (TPSA) is 108 Å². The van der Waals surface area contributed by atoms with Crippen LogP contribution in [0.25, 0.3) is 0 Å². The zero-order chi connectivity index (χ0) is 17.2. The van der Waals surface area contributed by atoms with E-state index in [0.29, 0.717) is 13.0 Å². The largest absolute Gasteiger partial charge is 0.480 e. The minimum atomic E-state index is -1.03. The van der Waals surface area contributed by atoms with Gasteiger partial charge in [0, 0.05) is 19.0 Å². The van der Waals surface area contributed by atoms with Gasteiger partial charge in [-0.1, -0.05) is 6.42 Å². The van der Waals surface area contributed by atoms with E-state index in [-0.39, 0.29) is 35.6 Å². The molecule has 24 heavy (non-hydrogen) atoms. The molecule has 7 nitrogen and oxygen atoms in total. The second kappa shape index (κ2) is 7.09. The van der Waals surface area contributed by atoms with Gasteiger partial charge in [-0.05, 0) is 50.4 Å². The monoisotopic (exact) mass is 337 g/mol. The number of rotatable bonds is 6. The third-order valence-electron chi connectivity index (χ3n) is 5.91. The predicted octanol–water partition coefficient (Wildman–Crippen LogP) is 0.394. The van der Waals surface area contributed by atoms with Crippen LogP contribution in [0, 0.1) is 11.3 Å². The molecule has 1 unspecified atom stereocenters. The number of nitrogens with one attached hydrogen (secondary N) is 3. The SMILES string of the molecule is O=C(N[C@@H](CC[C@@H]1CCCNC1=O)C(=O)O)C1CC2(CCC2)CN1. The molecule has 1 spiro atoms. The maximum Gasteiger partial charge on any atom is 0.326 e. The van der Waals surface area contributed by atoms with E-state index in [2.05, 4.69) is 16.0 Å². The summed E-state index contributed by atoms with van der Waals surface area (Å²) in [6.45, 7) is 1.55. The van der Waals surface area contributed by atoms with Crippen LogP contribution in [0.3, 0.4) is 0 Å². The number of carbonyl (C=O) groups is 3. The third kappa shape index (κ3) is 3.71. The third-order valence-corrected chi connectivity index (χ3v) is 5.91. The molecule has 0 radical (unpaired) electrons. The van der Waals surface area contributed by atoms with Crippen molar-refractivity contribution < 1.29 is 19.5 Å². The van der Waals surface area contributed by atoms with Crippen LogP contribution in [0.2, 0.25) is 0 Å². The van der Waals surface area contributed by atoms with Crippen LogP contribution in [0.5, 0.6) is 0 Å². The van der Waals surface area contributed by atoms with Gasteiger partial charge in [0.05, 0.1) is 6.04 Å². The Kier molecular flexibility index (Phi) is 5.08. The minimum Gasteiger partial charge on any atom is -0.480 e. The van der Waals surface area contributed by atoms with Gasteiger partial charge in [-0.25, -0.2) is 4.79 Å². The average molecular weight is 337 g/mol. The highest BCUT2D eigenvalue weighted by molar-refractivity contribution is 5.87. The van der Waals surface area contributed by atoms with E-state index in [1.54, 1.807) is 0 Å². The van der Waals surface area contributed by atoms with E-state index in [0.717, 1.165) is 38.6 Å². The highest BCUT2D eigenvalue weighted by atomic mass is 16.4. The van der Waals surface area contributed by atoms with E-state index in [4.69, 9.17) is 0 Å². The summed E-state index contributed by atoms with van der Waals surface area (Å²) >= 11 is 0. The van der Waals surface area contributed by atoms with E-state index >= 15 is 0 Å². The van der Waals surface area contributed by atoms with Crippen molar-refractivity contribution in [2.24, 2.45) is 11.3 Å². The lowest BCUT2D eigenvalue weighted by atomic mass is 9.67. The van der Waals surface area contributed by atoms with Crippen LogP contribution < -0.4 is 16.0 Å². The predicted molar refractivity (Wildman–Crippen MR) is 87.2 cm³/mol. The highest BCUT2D eigenvalue weighted by Crippen LogP contribution is 2.47. The molecule has 1 aliphatic carbocycles. The average Bonchev–Trinajstić information content (AvgIpc) is 2.98. The molecular formula is C17H27N3O4. The molecule has 2 amide bonds. The van der Waals surface area contributed by atoms with Crippen LogP contribution in [-0.2, 0) is 14.4 Å². The molecule has 2 aliphatic heterocycles. The van der Waals surface area contributed by atoms with Crippen molar-refractivity contribution in [3.63, 3.8) is 0 Å². The first-order valence-corrected chi connectivity index (χ1v) is 9.03. The van der Waals surface area contributed by atoms with Gasteiger partial charge in [-0.3, -0.25) is 9.59 Å². The van der Waals surface area contributed by atoms with Crippen LogP contribution in [0.15, 0.2) is 0 Å². The number of piperidine rings is 1. The summed E-state index contributed by atoms with van der Waals surface area (Å²) in [4.78, 5) is 35.6. The van der Waals surface area contributed by atoms with Crippen molar-refractivity contribution in [1.82, 2.24) is 16.0 Å². The van der Waals surface area contributed by atoms with Gasteiger partial charge in [0.1, 0.15) is 6.04 Å². The van der Waals surface area contributed by atoms with Crippen LogP contribution in [0.1, 0.15) is 51.4 Å². The van der Waals surface area contributed by atoms with Gasteiger partial charge >= 0.3 is 5.97 Å². The van der Waals surface area contributed by atoms with Gasteiger partial charge in [0.15, 0.2) is 0 Å². The Morgan fingerprint density at radius 3 is 2.71 bits per heavy atom. The fourth-order valence-corrected chi connectivity index (χ4v) is 4.17. The number of carboxylic acid groups (broad SMARTS) is 1. The minimum absolute atomic E-state index is 0.00102. The van der Waals surface area contributed by atoms with Crippen LogP contribution in [0.4, 0.5) is 0 Å². The second-order valence-corrected chi connectivity index (χ2v) is 7.60. The summed E-state index contributed by atoms with van der Waals surface area (Å²) in [6.07, 6.45) is 6.83. The Morgan fingerprint density at radius 2 is 2.12 bits per heavy atom. The molecule has 3 atom stereocenters. The molecule has 134 valence electrons. The Bertz CT molecular complexity index is 518. The number of hydrogen-bond donors (Lipinski definition) is 4. The summed E-state index contributed by atoms with van der Waals surface area (Å²) in [5.41, 5.74) is 0.265. The van der Waals surface area contributed by atoms with Crippen molar-refractivity contribution >= 4 is 17.8 Å². The molecule has 0 bridgehead atoms. The fourth-order valence-electron chi connectivity index (χ4n) is 4.17. The molecule has 0 aromatic carbocycles. The first-order chi connectivity index (χ1) is 11.5. The molecule has 0 aromatic heterocycles. The smallest absolute Gasteiger partial charge is 0.326 e. The molecule has 7 heteroatoms. The van der Waals surface area contributed by atoms with Gasteiger partial charge in [-0.15, -0.1) is 0 Å². The Labute approximate surface area is 141 Å². The quantitative estimate of drug-likeness (QED) is 0.561. The van der Waals surface area contributed by atoms with Gasteiger partial charge < -0.3 is 21.1 Å². The Balaban J connectivity index is 1.49. The number of carboxylic acids is 1. The van der Waals surface area contributed by atoms with Gasteiger partial charge in [-0.2, -0.15) is 0 Å². The number of hydrogen-bond acceptors (Lipinski definition) is 4. The fraction of sp³-hybridized carbons (Fsp3) is 0.824. The van der Waals surface area contributed by atoms with Crippen molar-refractivity contribution in [1.29, 1.82) is 0 Å². The summed E-state index contributed by atoms with van der Waals surface area (Å²) in [7, 11) is 0. The molecule has 2 saturated heterocycles. The molecule has 3 rings (SSSR count). The zero-order valence-electron chi connectivity index (χ0n) is 14.0. The normalized spacial score (nSPS) is 29.6. The second-order valence-electron chi connectivity index (χ2n) is 7.60. The molecule has 3 fully saturated rings. The Morgan fingerprint density at radius 1 is 1.33 bits per heavy atom. The lowest BCUT2D eigenvalue weighted by molar-refractivity contribution is -0.142. The number of carbonyl (C=O) groups excluding carboxylic acids is 2. The lowest BCUT2D eigenvalue weighted by Gasteiger charge is -2.37. The van der Waals surface area contributed by atoms with Crippen molar-refractivity contribution in [3.05, 3.63) is 0 Å². The maximum atomic E-state index is 12.4.